The fourth-order valence-electron chi connectivity index (χ4n) is 1.54. The van der Waals surface area contributed by atoms with Gasteiger partial charge in [0.25, 0.3) is 0 Å². The van der Waals surface area contributed by atoms with Gasteiger partial charge in [-0.05, 0) is 24.6 Å². The number of Topliss-reactive ketones (excluding diaryl/α,β-unsaturated/α-hetero) is 1. The van der Waals surface area contributed by atoms with Crippen LogP contribution in [0.1, 0.15) is 15.2 Å². The highest BCUT2D eigenvalue weighted by atomic mass is 32.1. The first kappa shape index (κ1) is 11.0. The molecule has 82 valence electrons. The van der Waals surface area contributed by atoms with Crippen LogP contribution < -0.4 is 5.73 Å². The zero-order valence-corrected chi connectivity index (χ0v) is 9.88. The highest BCUT2D eigenvalue weighted by Crippen LogP contribution is 2.28. The first-order chi connectivity index (χ1) is 7.70. The first-order valence-electron chi connectivity index (χ1n) is 5.11. The molecule has 0 atom stereocenters. The van der Waals surface area contributed by atoms with Gasteiger partial charge in [-0.15, -0.1) is 11.3 Å². The monoisotopic (exact) mass is 231 g/mol. The van der Waals surface area contributed by atoms with Crippen molar-refractivity contribution >= 4 is 17.1 Å². The lowest BCUT2D eigenvalue weighted by molar-refractivity contribution is 0.100. The van der Waals surface area contributed by atoms with Crippen LogP contribution in [0, 0.1) is 6.92 Å². The smallest absolute Gasteiger partial charge is 0.186 e. The zero-order chi connectivity index (χ0) is 11.5. The van der Waals surface area contributed by atoms with E-state index in [-0.39, 0.29) is 12.3 Å². The summed E-state index contributed by atoms with van der Waals surface area (Å²) < 4.78 is 0. The maximum atomic E-state index is 11.4. The number of ketones is 1. The molecule has 0 saturated heterocycles. The number of benzene rings is 1. The molecule has 0 fully saturated rings. The molecule has 3 heteroatoms. The van der Waals surface area contributed by atoms with E-state index in [4.69, 9.17) is 5.73 Å². The van der Waals surface area contributed by atoms with Gasteiger partial charge in [-0.2, -0.15) is 0 Å². The summed E-state index contributed by atoms with van der Waals surface area (Å²) in [7, 11) is 0. The molecular weight excluding hydrogens is 218 g/mol. The molecule has 0 aliphatic rings. The zero-order valence-electron chi connectivity index (χ0n) is 9.07. The molecule has 2 nitrogen and oxygen atoms in total. The Hall–Kier alpha value is -1.45. The van der Waals surface area contributed by atoms with Crippen molar-refractivity contribution in [3.05, 3.63) is 46.8 Å². The van der Waals surface area contributed by atoms with Crippen molar-refractivity contribution in [1.82, 2.24) is 0 Å². The Morgan fingerprint density at radius 2 is 2.12 bits per heavy atom. The van der Waals surface area contributed by atoms with Crippen molar-refractivity contribution in [3.8, 4) is 10.4 Å². The Kier molecular flexibility index (Phi) is 3.17. The Morgan fingerprint density at radius 1 is 1.31 bits per heavy atom. The lowest BCUT2D eigenvalue weighted by Gasteiger charge is -1.98. The maximum Gasteiger partial charge on any atom is 0.186 e. The lowest BCUT2D eigenvalue weighted by atomic mass is 10.1. The molecule has 0 spiro atoms. The van der Waals surface area contributed by atoms with Gasteiger partial charge in [-0.1, -0.05) is 29.8 Å². The normalized spacial score (nSPS) is 10.4. The Balaban J connectivity index is 2.35. The van der Waals surface area contributed by atoms with E-state index >= 15 is 0 Å². The largest absolute Gasteiger partial charge is 0.324 e. The summed E-state index contributed by atoms with van der Waals surface area (Å²) in [4.78, 5) is 13.3. The average Bonchev–Trinajstić information content (AvgIpc) is 2.77. The molecule has 0 unspecified atom stereocenters. The minimum absolute atomic E-state index is 0.00361. The molecule has 0 bridgehead atoms. The van der Waals surface area contributed by atoms with Gasteiger partial charge in [0.15, 0.2) is 5.78 Å². The van der Waals surface area contributed by atoms with Crippen molar-refractivity contribution in [2.45, 2.75) is 6.92 Å². The molecule has 2 rings (SSSR count). The summed E-state index contributed by atoms with van der Waals surface area (Å²) >= 11 is 1.50. The minimum atomic E-state index is 0.00361. The van der Waals surface area contributed by atoms with Crippen molar-refractivity contribution < 1.29 is 4.79 Å². The number of aryl methyl sites for hydroxylation is 1. The molecule has 0 aliphatic carbocycles. The van der Waals surface area contributed by atoms with Gasteiger partial charge in [-0.3, -0.25) is 4.79 Å². The summed E-state index contributed by atoms with van der Waals surface area (Å²) in [6, 6.07) is 12.1. The molecule has 1 heterocycles. The van der Waals surface area contributed by atoms with Crippen LogP contribution in [0.3, 0.4) is 0 Å². The van der Waals surface area contributed by atoms with E-state index in [1.807, 2.05) is 18.2 Å². The van der Waals surface area contributed by atoms with Crippen LogP contribution >= 0.6 is 11.3 Å². The van der Waals surface area contributed by atoms with Gasteiger partial charge in [0.1, 0.15) is 0 Å². The van der Waals surface area contributed by atoms with Crippen LogP contribution in [-0.4, -0.2) is 12.3 Å². The second-order valence-electron chi connectivity index (χ2n) is 3.66. The Labute approximate surface area is 98.7 Å². The quantitative estimate of drug-likeness (QED) is 0.825. The third-order valence-corrected chi connectivity index (χ3v) is 3.54. The number of carbonyl (C=O) groups is 1. The van der Waals surface area contributed by atoms with Gasteiger partial charge in [0.2, 0.25) is 0 Å². The molecule has 16 heavy (non-hydrogen) atoms. The molecule has 1 aromatic carbocycles. The number of carbonyl (C=O) groups excluding carboxylic acids is 1. The fraction of sp³-hybridized carbons (Fsp3) is 0.154. The molecule has 2 aromatic rings. The third-order valence-electron chi connectivity index (χ3n) is 2.37. The average molecular weight is 231 g/mol. The number of hydrogen-bond acceptors (Lipinski definition) is 3. The van der Waals surface area contributed by atoms with Gasteiger partial charge in [-0.25, -0.2) is 0 Å². The first-order valence-corrected chi connectivity index (χ1v) is 5.92. The van der Waals surface area contributed by atoms with Crippen LogP contribution in [0.2, 0.25) is 0 Å². The maximum absolute atomic E-state index is 11.4. The van der Waals surface area contributed by atoms with Crippen LogP contribution in [0.4, 0.5) is 0 Å². The summed E-state index contributed by atoms with van der Waals surface area (Å²) in [5.41, 5.74) is 7.71. The third kappa shape index (κ3) is 2.21. The topological polar surface area (TPSA) is 43.1 Å². The Morgan fingerprint density at radius 3 is 2.81 bits per heavy atom. The number of hydrogen-bond donors (Lipinski definition) is 1. The SMILES string of the molecule is Cc1cccc(-c2ccc(C(=O)CN)s2)c1. The molecule has 2 N–H and O–H groups in total. The van der Waals surface area contributed by atoms with Crippen molar-refractivity contribution in [2.24, 2.45) is 5.73 Å². The van der Waals surface area contributed by atoms with Crippen LogP contribution in [0.15, 0.2) is 36.4 Å². The Bertz CT molecular complexity index is 516. The standard InChI is InChI=1S/C13H13NOS/c1-9-3-2-4-10(7-9)12-5-6-13(16-12)11(15)8-14/h2-7H,8,14H2,1H3. The summed E-state index contributed by atoms with van der Waals surface area (Å²) in [6.45, 7) is 2.14. The van der Waals surface area contributed by atoms with E-state index in [2.05, 4.69) is 25.1 Å². The molecule has 0 amide bonds. The summed E-state index contributed by atoms with van der Waals surface area (Å²) in [6.07, 6.45) is 0. The van der Waals surface area contributed by atoms with E-state index in [1.165, 1.54) is 16.9 Å². The van der Waals surface area contributed by atoms with Crippen LogP contribution in [0.25, 0.3) is 10.4 Å². The van der Waals surface area contributed by atoms with Gasteiger partial charge in [0.05, 0.1) is 11.4 Å². The fourth-order valence-corrected chi connectivity index (χ4v) is 2.49. The van der Waals surface area contributed by atoms with Gasteiger partial charge < -0.3 is 5.73 Å². The molecule has 1 aromatic heterocycles. The summed E-state index contributed by atoms with van der Waals surface area (Å²) in [5, 5.41) is 0. The van der Waals surface area contributed by atoms with E-state index in [1.54, 1.807) is 0 Å². The van der Waals surface area contributed by atoms with Gasteiger partial charge >= 0.3 is 0 Å². The second kappa shape index (κ2) is 4.60. The molecule has 0 aliphatic heterocycles. The second-order valence-corrected chi connectivity index (χ2v) is 4.74. The molecule has 0 radical (unpaired) electrons. The molecule has 0 saturated carbocycles. The number of thiophene rings is 1. The van der Waals surface area contributed by atoms with E-state index in [0.717, 1.165) is 15.3 Å². The minimum Gasteiger partial charge on any atom is -0.324 e. The van der Waals surface area contributed by atoms with E-state index in [9.17, 15) is 4.79 Å². The van der Waals surface area contributed by atoms with Gasteiger partial charge in [0, 0.05) is 4.88 Å². The van der Waals surface area contributed by atoms with E-state index in [0.29, 0.717) is 0 Å². The number of nitrogens with two attached hydrogens (primary N) is 1. The highest BCUT2D eigenvalue weighted by molar-refractivity contribution is 7.17. The predicted molar refractivity (Wildman–Crippen MR) is 67.9 cm³/mol. The predicted octanol–water partition coefficient (Wildman–Crippen LogP) is 2.86. The number of rotatable bonds is 3. The van der Waals surface area contributed by atoms with Crippen LogP contribution in [0.5, 0.6) is 0 Å². The highest BCUT2D eigenvalue weighted by Gasteiger charge is 2.08. The van der Waals surface area contributed by atoms with Crippen molar-refractivity contribution in [2.75, 3.05) is 6.54 Å². The summed E-state index contributed by atoms with van der Waals surface area (Å²) in [5.74, 6) is 0.00361. The van der Waals surface area contributed by atoms with Crippen molar-refractivity contribution in [1.29, 1.82) is 0 Å². The van der Waals surface area contributed by atoms with Crippen molar-refractivity contribution in [3.63, 3.8) is 0 Å². The van der Waals surface area contributed by atoms with Crippen LogP contribution in [-0.2, 0) is 0 Å². The lowest BCUT2D eigenvalue weighted by Crippen LogP contribution is -2.11. The van der Waals surface area contributed by atoms with E-state index < -0.39 is 0 Å². The molecular formula is C13H13NOS.